The van der Waals surface area contributed by atoms with E-state index in [1.807, 2.05) is 0 Å². The molecular formula is C50H96O6. The second-order valence-electron chi connectivity index (χ2n) is 18.1. The lowest BCUT2D eigenvalue weighted by Gasteiger charge is -2.18. The highest BCUT2D eigenvalue weighted by molar-refractivity contribution is 5.71. The van der Waals surface area contributed by atoms with Gasteiger partial charge in [0.25, 0.3) is 0 Å². The van der Waals surface area contributed by atoms with Gasteiger partial charge in [-0.3, -0.25) is 14.4 Å². The highest BCUT2D eigenvalue weighted by Crippen LogP contribution is 2.17. The number of unbranched alkanes of at least 4 members (excludes halogenated alkanes) is 29. The summed E-state index contributed by atoms with van der Waals surface area (Å²) >= 11 is 0. The number of carbonyl (C=O) groups excluding carboxylic acids is 3. The Balaban J connectivity index is 4.19. The minimum Gasteiger partial charge on any atom is -0.462 e. The minimum atomic E-state index is -0.762. The van der Waals surface area contributed by atoms with Crippen LogP contribution in [0.1, 0.15) is 272 Å². The average Bonchev–Trinajstić information content (AvgIpc) is 3.16. The number of rotatable bonds is 44. The van der Waals surface area contributed by atoms with Gasteiger partial charge in [0.05, 0.1) is 0 Å². The summed E-state index contributed by atoms with van der Waals surface area (Å²) in [4.78, 5) is 37.7. The van der Waals surface area contributed by atoms with Crippen LogP contribution in [-0.4, -0.2) is 37.2 Å². The molecule has 0 aromatic carbocycles. The summed E-state index contributed by atoms with van der Waals surface area (Å²) in [7, 11) is 0. The van der Waals surface area contributed by atoms with Crippen molar-refractivity contribution in [2.24, 2.45) is 11.8 Å². The van der Waals surface area contributed by atoms with E-state index < -0.39 is 6.10 Å². The van der Waals surface area contributed by atoms with Gasteiger partial charge < -0.3 is 14.2 Å². The Morgan fingerprint density at radius 3 is 0.875 bits per heavy atom. The van der Waals surface area contributed by atoms with E-state index in [9.17, 15) is 14.4 Å². The highest BCUT2D eigenvalue weighted by atomic mass is 16.6. The van der Waals surface area contributed by atoms with Gasteiger partial charge in [-0.05, 0) is 31.1 Å². The first kappa shape index (κ1) is 54.4. The average molecular weight is 793 g/mol. The first-order chi connectivity index (χ1) is 27.2. The Morgan fingerprint density at radius 1 is 0.339 bits per heavy atom. The summed E-state index contributed by atoms with van der Waals surface area (Å²) in [5, 5.41) is 0. The molecule has 0 saturated heterocycles. The van der Waals surface area contributed by atoms with Gasteiger partial charge in [0.1, 0.15) is 13.2 Å². The molecule has 0 heterocycles. The molecule has 0 radical (unpaired) electrons. The highest BCUT2D eigenvalue weighted by Gasteiger charge is 2.19. The van der Waals surface area contributed by atoms with Gasteiger partial charge in [-0.1, -0.05) is 234 Å². The van der Waals surface area contributed by atoms with Gasteiger partial charge in [0, 0.05) is 19.3 Å². The molecule has 0 N–H and O–H groups in total. The molecule has 0 aliphatic rings. The van der Waals surface area contributed by atoms with Crippen LogP contribution in [0.15, 0.2) is 0 Å². The maximum Gasteiger partial charge on any atom is 0.306 e. The van der Waals surface area contributed by atoms with E-state index in [1.165, 1.54) is 161 Å². The van der Waals surface area contributed by atoms with Crippen LogP contribution in [-0.2, 0) is 28.6 Å². The fourth-order valence-corrected chi connectivity index (χ4v) is 7.46. The summed E-state index contributed by atoms with van der Waals surface area (Å²) in [5.41, 5.74) is 0. The maximum absolute atomic E-state index is 12.7. The van der Waals surface area contributed by atoms with Crippen molar-refractivity contribution >= 4 is 17.9 Å². The Labute approximate surface area is 348 Å². The van der Waals surface area contributed by atoms with Crippen LogP contribution in [0.3, 0.4) is 0 Å². The van der Waals surface area contributed by atoms with Crippen LogP contribution in [0.4, 0.5) is 0 Å². The van der Waals surface area contributed by atoms with E-state index in [0.717, 1.165) is 69.6 Å². The molecule has 56 heavy (non-hydrogen) atoms. The first-order valence-corrected chi connectivity index (χ1v) is 24.7. The van der Waals surface area contributed by atoms with Crippen molar-refractivity contribution in [1.82, 2.24) is 0 Å². The molecule has 0 aromatic heterocycles. The van der Waals surface area contributed by atoms with Gasteiger partial charge >= 0.3 is 17.9 Å². The lowest BCUT2D eigenvalue weighted by Crippen LogP contribution is -2.30. The monoisotopic (exact) mass is 793 g/mol. The van der Waals surface area contributed by atoms with Crippen molar-refractivity contribution < 1.29 is 28.6 Å². The minimum absolute atomic E-state index is 0.0658. The molecule has 6 nitrogen and oxygen atoms in total. The second-order valence-corrected chi connectivity index (χ2v) is 18.1. The summed E-state index contributed by atoms with van der Waals surface area (Å²) < 4.78 is 16.7. The quantitative estimate of drug-likeness (QED) is 0.0347. The van der Waals surface area contributed by atoms with Crippen molar-refractivity contribution in [2.75, 3.05) is 13.2 Å². The zero-order valence-corrected chi connectivity index (χ0v) is 38.3. The lowest BCUT2D eigenvalue weighted by atomic mass is 10.0. The van der Waals surface area contributed by atoms with Crippen LogP contribution in [0.2, 0.25) is 0 Å². The van der Waals surface area contributed by atoms with Gasteiger partial charge in [-0.25, -0.2) is 0 Å². The molecular weight excluding hydrogens is 697 g/mol. The predicted molar refractivity (Wildman–Crippen MR) is 238 cm³/mol. The summed E-state index contributed by atoms with van der Waals surface area (Å²) in [6.45, 7) is 11.2. The number of ether oxygens (including phenoxy) is 3. The summed E-state index contributed by atoms with van der Waals surface area (Å²) in [6.07, 6.45) is 42.6. The smallest absolute Gasteiger partial charge is 0.306 e. The van der Waals surface area contributed by atoms with E-state index in [4.69, 9.17) is 14.2 Å². The van der Waals surface area contributed by atoms with Crippen molar-refractivity contribution in [3.05, 3.63) is 0 Å². The number of hydrogen-bond donors (Lipinski definition) is 0. The van der Waals surface area contributed by atoms with Gasteiger partial charge in [0.15, 0.2) is 6.10 Å². The topological polar surface area (TPSA) is 78.9 Å². The molecule has 0 aliphatic heterocycles. The van der Waals surface area contributed by atoms with Gasteiger partial charge in [-0.15, -0.1) is 0 Å². The third-order valence-electron chi connectivity index (χ3n) is 11.2. The molecule has 332 valence electrons. The Hall–Kier alpha value is -1.59. The van der Waals surface area contributed by atoms with Gasteiger partial charge in [-0.2, -0.15) is 0 Å². The van der Waals surface area contributed by atoms with E-state index in [1.54, 1.807) is 0 Å². The fourth-order valence-electron chi connectivity index (χ4n) is 7.46. The van der Waals surface area contributed by atoms with E-state index in [0.29, 0.717) is 19.3 Å². The van der Waals surface area contributed by atoms with E-state index in [-0.39, 0.29) is 31.1 Å². The van der Waals surface area contributed by atoms with Crippen LogP contribution in [0, 0.1) is 11.8 Å². The predicted octanol–water partition coefficient (Wildman–Crippen LogP) is 15.8. The van der Waals surface area contributed by atoms with Crippen LogP contribution >= 0.6 is 0 Å². The molecule has 0 spiro atoms. The molecule has 0 aliphatic carbocycles. The second kappa shape index (κ2) is 43.0. The zero-order valence-electron chi connectivity index (χ0n) is 38.3. The van der Waals surface area contributed by atoms with Crippen molar-refractivity contribution in [2.45, 2.75) is 278 Å². The summed E-state index contributed by atoms with van der Waals surface area (Å²) in [6, 6.07) is 0. The third-order valence-corrected chi connectivity index (χ3v) is 11.2. The first-order valence-electron chi connectivity index (χ1n) is 24.7. The number of carbonyl (C=O) groups is 3. The molecule has 0 bridgehead atoms. The molecule has 1 atom stereocenters. The van der Waals surface area contributed by atoms with Crippen molar-refractivity contribution in [3.8, 4) is 0 Å². The maximum atomic E-state index is 12.7. The molecule has 0 rings (SSSR count). The van der Waals surface area contributed by atoms with Crippen molar-refractivity contribution in [3.63, 3.8) is 0 Å². The van der Waals surface area contributed by atoms with Crippen LogP contribution < -0.4 is 0 Å². The molecule has 0 unspecified atom stereocenters. The largest absolute Gasteiger partial charge is 0.462 e. The third kappa shape index (κ3) is 43.5. The lowest BCUT2D eigenvalue weighted by molar-refractivity contribution is -0.167. The molecule has 0 amide bonds. The van der Waals surface area contributed by atoms with Crippen molar-refractivity contribution in [1.29, 1.82) is 0 Å². The fraction of sp³-hybridized carbons (Fsp3) is 0.940. The zero-order chi connectivity index (χ0) is 41.2. The Bertz CT molecular complexity index is 854. The SMILES string of the molecule is CCCCCCCCCCCCCCCCCCCCCC(=O)OC[C@@H](COC(=O)CCCCCCCCCC(C)C)OC(=O)CCCCCCCCC(C)C. The molecule has 0 saturated carbocycles. The Kier molecular flexibility index (Phi) is 41.8. The van der Waals surface area contributed by atoms with E-state index >= 15 is 0 Å². The molecule has 0 aromatic rings. The molecule has 0 fully saturated rings. The summed E-state index contributed by atoms with van der Waals surface area (Å²) in [5.74, 6) is 0.679. The van der Waals surface area contributed by atoms with Crippen LogP contribution in [0.5, 0.6) is 0 Å². The number of hydrogen-bond acceptors (Lipinski definition) is 6. The van der Waals surface area contributed by atoms with Crippen LogP contribution in [0.25, 0.3) is 0 Å². The normalized spacial score (nSPS) is 12.1. The van der Waals surface area contributed by atoms with E-state index in [2.05, 4.69) is 34.6 Å². The van der Waals surface area contributed by atoms with Gasteiger partial charge in [0.2, 0.25) is 0 Å². The Morgan fingerprint density at radius 2 is 0.589 bits per heavy atom. The standard InChI is InChI=1S/C50H96O6/c1-6-7-8-9-10-11-12-13-14-15-16-17-18-19-20-21-24-30-35-40-48(51)54-43-47(56-50(53)42-37-32-27-26-29-34-39-46(4)5)44-55-49(52)41-36-31-25-22-23-28-33-38-45(2)3/h45-47H,6-44H2,1-5H3/t47-/m0/s1. The molecule has 6 heteroatoms. The number of esters is 3.